The quantitative estimate of drug-likeness (QED) is 0.135. The Balaban J connectivity index is 0.903. The maximum absolute atomic E-state index is 2.52. The molecular formula is C86H60N2. The molecule has 0 aliphatic heterocycles. The Morgan fingerprint density at radius 2 is 0.602 bits per heavy atom. The Morgan fingerprint density at radius 3 is 1.08 bits per heavy atom. The Kier molecular flexibility index (Phi) is 12.2. The lowest BCUT2D eigenvalue weighted by Crippen LogP contribution is -2.44. The standard InChI is InChI=1S/C86H60N2/c1-5-23-59(24-6-1)63-43-51-67(52-44-63)87(68-53-45-64(46-54-68)60-25-7-2-8-26-60)81-41-22-40-80-83(81)73-32-14-16-35-75(73)85(80)76-36-17-19-38-78(76)86(79-39-20-18-37-77(79)85)74-34-15-13-31-71(74)72-33-21-42-82(84(72)86)88(69-55-47-65(48-56-69)61-27-9-3-10-28-61)70-57-49-66(50-58-70)62-29-11-4-12-30-62/h1-7,9-25,27-58H,8,26H2. The van der Waals surface area contributed by atoms with Crippen molar-refractivity contribution >= 4 is 39.7 Å². The van der Waals surface area contributed by atoms with Crippen LogP contribution in [0.3, 0.4) is 0 Å². The van der Waals surface area contributed by atoms with Crippen LogP contribution in [0.2, 0.25) is 0 Å². The zero-order chi connectivity index (χ0) is 58.2. The maximum Gasteiger partial charge on any atom is 0.0740 e. The van der Waals surface area contributed by atoms with Crippen molar-refractivity contribution in [1.29, 1.82) is 0 Å². The van der Waals surface area contributed by atoms with Crippen LogP contribution in [0.15, 0.2) is 340 Å². The van der Waals surface area contributed by atoms with E-state index in [9.17, 15) is 0 Å². The summed E-state index contributed by atoms with van der Waals surface area (Å²) in [5.74, 6) is 0. The van der Waals surface area contributed by atoms with Gasteiger partial charge in [-0.2, -0.15) is 0 Å². The van der Waals surface area contributed by atoms with E-state index in [2.05, 4.69) is 350 Å². The summed E-state index contributed by atoms with van der Waals surface area (Å²) in [6, 6.07) is 121. The number of nitrogens with zero attached hydrogens (tertiary/aromatic N) is 2. The fourth-order valence-corrected chi connectivity index (χ4v) is 15.5. The van der Waals surface area contributed by atoms with Gasteiger partial charge >= 0.3 is 0 Å². The summed E-state index contributed by atoms with van der Waals surface area (Å²) < 4.78 is 0. The third-order valence-corrected chi connectivity index (χ3v) is 19.2. The topological polar surface area (TPSA) is 6.48 Å². The highest BCUT2D eigenvalue weighted by atomic mass is 15.2. The monoisotopic (exact) mass is 1120 g/mol. The van der Waals surface area contributed by atoms with Crippen molar-refractivity contribution < 1.29 is 0 Å². The lowest BCUT2D eigenvalue weighted by molar-refractivity contribution is 0.633. The Hall–Kier alpha value is -11.1. The molecular weight excluding hydrogens is 1060 g/mol. The van der Waals surface area contributed by atoms with Gasteiger partial charge in [0.15, 0.2) is 0 Å². The average Bonchev–Trinajstić information content (AvgIpc) is 1.42. The molecule has 0 atom stereocenters. The van der Waals surface area contributed by atoms with Gasteiger partial charge in [0.05, 0.1) is 22.2 Å². The van der Waals surface area contributed by atoms with Gasteiger partial charge in [0.1, 0.15) is 0 Å². The van der Waals surface area contributed by atoms with Crippen molar-refractivity contribution in [3.63, 3.8) is 0 Å². The van der Waals surface area contributed by atoms with Crippen molar-refractivity contribution in [2.45, 2.75) is 23.7 Å². The van der Waals surface area contributed by atoms with E-state index in [-0.39, 0.29) is 0 Å². The second-order valence-corrected chi connectivity index (χ2v) is 23.7. The van der Waals surface area contributed by atoms with Crippen molar-refractivity contribution in [1.82, 2.24) is 0 Å². The van der Waals surface area contributed by atoms with Crippen LogP contribution in [0.4, 0.5) is 34.1 Å². The average molecular weight is 1120 g/mol. The van der Waals surface area contributed by atoms with E-state index >= 15 is 0 Å². The third kappa shape index (κ3) is 7.82. The van der Waals surface area contributed by atoms with Crippen LogP contribution in [0, 0.1) is 0 Å². The summed E-state index contributed by atoms with van der Waals surface area (Å²) in [6.07, 6.45) is 8.84. The van der Waals surface area contributed by atoms with Gasteiger partial charge in [0.25, 0.3) is 0 Å². The van der Waals surface area contributed by atoms with Crippen LogP contribution in [0.1, 0.15) is 62.9 Å². The minimum absolute atomic E-state index is 0.707. The lowest BCUT2D eigenvalue weighted by atomic mass is 9.52. The van der Waals surface area contributed by atoms with Gasteiger partial charge in [-0.3, -0.25) is 0 Å². The molecule has 17 rings (SSSR count). The zero-order valence-corrected chi connectivity index (χ0v) is 48.6. The Labute approximate surface area is 515 Å². The second-order valence-electron chi connectivity index (χ2n) is 23.7. The largest absolute Gasteiger partial charge is 0.310 e. The summed E-state index contributed by atoms with van der Waals surface area (Å²) in [5.41, 5.74) is 30.3. The number of fused-ring (bicyclic) bond motifs is 16. The molecule has 2 heteroatoms. The number of benzene rings is 13. The van der Waals surface area contributed by atoms with Gasteiger partial charge in [-0.25, -0.2) is 0 Å². The molecule has 0 bridgehead atoms. The summed E-state index contributed by atoms with van der Waals surface area (Å²) in [7, 11) is 0. The molecule has 0 saturated heterocycles. The molecule has 2 nitrogen and oxygen atoms in total. The summed E-state index contributed by atoms with van der Waals surface area (Å²) in [6.45, 7) is 0. The van der Waals surface area contributed by atoms with Crippen LogP contribution in [0.25, 0.3) is 61.2 Å². The molecule has 0 amide bonds. The molecule has 0 saturated carbocycles. The first-order valence-electron chi connectivity index (χ1n) is 30.9. The molecule has 0 unspecified atom stereocenters. The molecule has 0 radical (unpaired) electrons. The molecule has 13 aromatic rings. The SMILES string of the molecule is C1=CCCC(c2ccc(N(c3ccc(-c4ccccc4)cc3)c3cccc4c3-c3ccccc3C43c4ccccc4C4(c5ccccc5-c5cccc(N(c6ccc(-c7ccccc7)cc6)c6ccc(-c7ccccc7)cc6)c54)c4ccccc43)cc2)=C1. The first-order chi connectivity index (χ1) is 43.7. The molecule has 414 valence electrons. The van der Waals surface area contributed by atoms with E-state index in [1.165, 1.54) is 111 Å². The van der Waals surface area contributed by atoms with Gasteiger partial charge in [-0.1, -0.05) is 279 Å². The van der Waals surface area contributed by atoms with E-state index in [0.717, 1.165) is 47.0 Å². The zero-order valence-electron chi connectivity index (χ0n) is 48.6. The molecule has 0 heterocycles. The normalized spacial score (nSPS) is 16.2. The van der Waals surface area contributed by atoms with E-state index in [1.54, 1.807) is 0 Å². The van der Waals surface area contributed by atoms with Gasteiger partial charge in [-0.15, -0.1) is 0 Å². The van der Waals surface area contributed by atoms with Crippen LogP contribution in [0.5, 0.6) is 0 Å². The Bertz CT molecular complexity index is 4730. The van der Waals surface area contributed by atoms with Gasteiger partial charge in [-0.05, 0) is 174 Å². The molecule has 13 aromatic carbocycles. The molecule has 4 aliphatic carbocycles. The minimum atomic E-state index is -0.750. The van der Waals surface area contributed by atoms with E-state index in [0.29, 0.717) is 0 Å². The minimum Gasteiger partial charge on any atom is -0.310 e. The number of anilines is 6. The van der Waals surface area contributed by atoms with Crippen LogP contribution < -0.4 is 9.80 Å². The number of hydrogen-bond acceptors (Lipinski definition) is 2. The highest BCUT2D eigenvalue weighted by Gasteiger charge is 2.60. The third-order valence-electron chi connectivity index (χ3n) is 19.2. The van der Waals surface area contributed by atoms with Crippen molar-refractivity contribution in [2.75, 3.05) is 9.80 Å². The first kappa shape index (κ1) is 51.4. The number of hydrogen-bond donors (Lipinski definition) is 0. The lowest BCUT2D eigenvalue weighted by Gasteiger charge is -2.49. The van der Waals surface area contributed by atoms with Crippen LogP contribution in [-0.4, -0.2) is 0 Å². The van der Waals surface area contributed by atoms with Gasteiger partial charge in [0, 0.05) is 33.9 Å². The van der Waals surface area contributed by atoms with Crippen molar-refractivity contribution in [3.05, 3.63) is 390 Å². The van der Waals surface area contributed by atoms with Gasteiger partial charge in [0.2, 0.25) is 0 Å². The maximum atomic E-state index is 2.52. The Morgan fingerprint density at radius 1 is 0.250 bits per heavy atom. The van der Waals surface area contributed by atoms with Crippen LogP contribution >= 0.6 is 0 Å². The predicted molar refractivity (Wildman–Crippen MR) is 367 cm³/mol. The summed E-state index contributed by atoms with van der Waals surface area (Å²) in [4.78, 5) is 5.03. The number of rotatable bonds is 10. The summed E-state index contributed by atoms with van der Waals surface area (Å²) in [5, 5.41) is 0. The molecule has 2 spiro atoms. The van der Waals surface area contributed by atoms with Gasteiger partial charge < -0.3 is 9.80 Å². The smallest absolute Gasteiger partial charge is 0.0740 e. The van der Waals surface area contributed by atoms with Crippen molar-refractivity contribution in [3.8, 4) is 55.6 Å². The highest BCUT2D eigenvalue weighted by molar-refractivity contribution is 6.02. The summed E-state index contributed by atoms with van der Waals surface area (Å²) >= 11 is 0. The highest BCUT2D eigenvalue weighted by Crippen LogP contribution is 2.70. The first-order valence-corrected chi connectivity index (χ1v) is 30.9. The molecule has 88 heavy (non-hydrogen) atoms. The molecule has 0 fully saturated rings. The number of allylic oxidation sites excluding steroid dienone is 4. The fourth-order valence-electron chi connectivity index (χ4n) is 15.5. The van der Waals surface area contributed by atoms with E-state index < -0.39 is 10.8 Å². The molecule has 0 N–H and O–H groups in total. The second kappa shape index (κ2) is 20.9. The van der Waals surface area contributed by atoms with E-state index in [4.69, 9.17) is 0 Å². The molecule has 4 aliphatic rings. The fraction of sp³-hybridized carbons (Fsp3) is 0.0465. The van der Waals surface area contributed by atoms with Crippen LogP contribution in [-0.2, 0) is 10.8 Å². The van der Waals surface area contributed by atoms with E-state index in [1.807, 2.05) is 0 Å². The van der Waals surface area contributed by atoms with Crippen molar-refractivity contribution in [2.24, 2.45) is 0 Å². The molecule has 0 aromatic heterocycles. The predicted octanol–water partition coefficient (Wildman–Crippen LogP) is 22.4.